The Labute approximate surface area is 168 Å². The maximum Gasteiger partial charge on any atom is 0.143 e. The van der Waals surface area contributed by atoms with Crippen molar-refractivity contribution < 1.29 is 9.52 Å². The van der Waals surface area contributed by atoms with Crippen molar-refractivity contribution in [3.63, 3.8) is 0 Å². The third-order valence-corrected chi connectivity index (χ3v) is 4.97. The van der Waals surface area contributed by atoms with Crippen LogP contribution < -0.4 is 21.9 Å². The van der Waals surface area contributed by atoms with E-state index < -0.39 is 6.17 Å². The van der Waals surface area contributed by atoms with Crippen molar-refractivity contribution in [2.45, 2.75) is 6.17 Å². The van der Waals surface area contributed by atoms with E-state index in [9.17, 15) is 5.11 Å². The van der Waals surface area contributed by atoms with Crippen LogP contribution in [0.1, 0.15) is 11.7 Å². The molecule has 0 aliphatic heterocycles. The smallest absolute Gasteiger partial charge is 0.143 e. The van der Waals surface area contributed by atoms with Crippen molar-refractivity contribution in [2.75, 3.05) is 0 Å². The highest BCUT2D eigenvalue weighted by Crippen LogP contribution is 2.37. The number of furan rings is 1. The first kappa shape index (κ1) is 18.7. The molecule has 144 valence electrons. The second-order valence-electron chi connectivity index (χ2n) is 6.84. The lowest BCUT2D eigenvalue weighted by Gasteiger charge is -2.05. The lowest BCUT2D eigenvalue weighted by atomic mass is 10.0. The Balaban J connectivity index is 2.02. The van der Waals surface area contributed by atoms with E-state index in [-0.39, 0.29) is 0 Å². The van der Waals surface area contributed by atoms with Crippen LogP contribution in [0.3, 0.4) is 0 Å². The number of fused-ring (bicyclic) bond motifs is 3. The van der Waals surface area contributed by atoms with Crippen LogP contribution in [-0.4, -0.2) is 5.11 Å². The van der Waals surface area contributed by atoms with Gasteiger partial charge in [0, 0.05) is 27.1 Å². The van der Waals surface area contributed by atoms with Gasteiger partial charge in [-0.05, 0) is 10.8 Å². The molecule has 0 spiro atoms. The van der Waals surface area contributed by atoms with E-state index in [1.807, 2.05) is 78.9 Å². The maximum atomic E-state index is 9.43. The number of nitrogens with two attached hydrogens (primary N) is 2. The molecule has 5 N–H and O–H groups in total. The fourth-order valence-electron chi connectivity index (χ4n) is 3.48. The molecule has 0 saturated carbocycles. The van der Waals surface area contributed by atoms with Crippen molar-refractivity contribution in [1.82, 2.24) is 0 Å². The molecule has 4 heteroatoms. The molecule has 0 fully saturated rings. The summed E-state index contributed by atoms with van der Waals surface area (Å²) in [5.74, 6) is 0. The van der Waals surface area contributed by atoms with Gasteiger partial charge in [-0.25, -0.2) is 0 Å². The van der Waals surface area contributed by atoms with Crippen LogP contribution in [0.4, 0.5) is 0 Å². The maximum absolute atomic E-state index is 9.43. The normalized spacial score (nSPS) is 11.9. The molecule has 4 rings (SSSR count). The SMILES string of the molecule is C=c1ccccc(-c2cccc3c2oc2c(C(N)N)cccc23)ccc/c1=C/O. The van der Waals surface area contributed by atoms with E-state index in [1.54, 1.807) is 0 Å². The molecular weight excluding hydrogens is 360 g/mol. The number of aliphatic hydroxyl groups excluding tert-OH is 1. The van der Waals surface area contributed by atoms with Crippen molar-refractivity contribution in [1.29, 1.82) is 0 Å². The summed E-state index contributed by atoms with van der Waals surface area (Å²) in [5, 5.41) is 12.8. The van der Waals surface area contributed by atoms with E-state index in [2.05, 4.69) is 6.58 Å². The van der Waals surface area contributed by atoms with Gasteiger partial charge >= 0.3 is 0 Å². The third kappa shape index (κ3) is 3.47. The largest absolute Gasteiger partial charge is 0.515 e. The molecular formula is C25H22N2O2. The van der Waals surface area contributed by atoms with Gasteiger partial charge in [0.05, 0.1) is 12.4 Å². The Morgan fingerprint density at radius 1 is 0.793 bits per heavy atom. The molecule has 0 atom stereocenters. The van der Waals surface area contributed by atoms with Gasteiger partial charge in [-0.3, -0.25) is 0 Å². The van der Waals surface area contributed by atoms with Gasteiger partial charge in [0.15, 0.2) is 0 Å². The lowest BCUT2D eigenvalue weighted by molar-refractivity contribution is 0.540. The summed E-state index contributed by atoms with van der Waals surface area (Å²) in [6.07, 6.45) is 0.444. The summed E-state index contributed by atoms with van der Waals surface area (Å²) in [6, 6.07) is 25.3. The minimum atomic E-state index is -0.611. The first-order valence-corrected chi connectivity index (χ1v) is 9.32. The zero-order valence-corrected chi connectivity index (χ0v) is 15.9. The van der Waals surface area contributed by atoms with Crippen LogP contribution >= 0.6 is 0 Å². The Bertz CT molecular complexity index is 1370. The first-order valence-electron chi connectivity index (χ1n) is 9.32. The minimum absolute atomic E-state index is 0.611. The molecule has 0 aliphatic carbocycles. The number of para-hydroxylation sites is 2. The van der Waals surface area contributed by atoms with Gasteiger partial charge in [0.25, 0.3) is 0 Å². The van der Waals surface area contributed by atoms with Crippen molar-refractivity contribution in [2.24, 2.45) is 11.5 Å². The van der Waals surface area contributed by atoms with Gasteiger partial charge in [0.2, 0.25) is 0 Å². The summed E-state index contributed by atoms with van der Waals surface area (Å²) in [4.78, 5) is 0. The molecule has 4 aromatic rings. The molecule has 1 heterocycles. The average Bonchev–Trinajstić information content (AvgIpc) is 3.11. The summed E-state index contributed by atoms with van der Waals surface area (Å²) < 4.78 is 6.27. The van der Waals surface area contributed by atoms with E-state index in [0.717, 1.165) is 44.5 Å². The summed E-state index contributed by atoms with van der Waals surface area (Å²) in [6.45, 7) is 3.95. The van der Waals surface area contributed by atoms with E-state index in [0.29, 0.717) is 10.8 Å². The molecule has 0 radical (unpaired) electrons. The van der Waals surface area contributed by atoms with Crippen LogP contribution in [0, 0.1) is 0 Å². The molecule has 0 bridgehead atoms. The van der Waals surface area contributed by atoms with Crippen LogP contribution in [0.2, 0.25) is 0 Å². The number of aliphatic hydroxyl groups is 1. The topological polar surface area (TPSA) is 85.4 Å². The highest BCUT2D eigenvalue weighted by molar-refractivity contribution is 6.10. The molecule has 0 saturated heterocycles. The Kier molecular flexibility index (Phi) is 5.04. The number of benzene rings is 2. The highest BCUT2D eigenvalue weighted by Gasteiger charge is 2.15. The third-order valence-electron chi connectivity index (χ3n) is 4.97. The Morgan fingerprint density at radius 3 is 2.21 bits per heavy atom. The standard InChI is InChI=1S/C25H22N2O2/c1-16-7-2-3-8-17(9-4-10-18(16)15-28)19-11-5-12-20-21-13-6-14-22(25(26)27)24(21)29-23(19)20/h2-15,25,28H,1,26-27H2/b7-2?,8-3?,10-4?,17-9?,18-15-. The summed E-state index contributed by atoms with van der Waals surface area (Å²) >= 11 is 0. The highest BCUT2D eigenvalue weighted by atomic mass is 16.3. The zero-order chi connectivity index (χ0) is 20.4. The number of hydrogen-bond acceptors (Lipinski definition) is 4. The monoisotopic (exact) mass is 382 g/mol. The lowest BCUT2D eigenvalue weighted by Crippen LogP contribution is -2.20. The Hall–Kier alpha value is -3.60. The molecule has 3 aromatic carbocycles. The quantitative estimate of drug-likeness (QED) is 0.458. The van der Waals surface area contributed by atoms with Crippen LogP contribution in [-0.2, 0) is 0 Å². The second-order valence-corrected chi connectivity index (χ2v) is 6.84. The van der Waals surface area contributed by atoms with Crippen LogP contribution in [0.15, 0.2) is 83.3 Å². The van der Waals surface area contributed by atoms with Crippen molar-refractivity contribution >= 4 is 34.8 Å². The average molecular weight is 382 g/mol. The van der Waals surface area contributed by atoms with Gasteiger partial charge in [-0.15, -0.1) is 0 Å². The van der Waals surface area contributed by atoms with Gasteiger partial charge < -0.3 is 21.0 Å². The van der Waals surface area contributed by atoms with Gasteiger partial charge in [-0.1, -0.05) is 85.4 Å². The molecule has 29 heavy (non-hydrogen) atoms. The van der Waals surface area contributed by atoms with Gasteiger partial charge in [-0.2, -0.15) is 0 Å². The number of rotatable bonds is 2. The summed E-state index contributed by atoms with van der Waals surface area (Å²) in [7, 11) is 0. The van der Waals surface area contributed by atoms with Gasteiger partial charge in [0.1, 0.15) is 11.2 Å². The van der Waals surface area contributed by atoms with Crippen molar-refractivity contribution in [3.8, 4) is 11.1 Å². The Morgan fingerprint density at radius 2 is 1.45 bits per heavy atom. The first-order chi connectivity index (χ1) is 14.1. The molecule has 1 aromatic heterocycles. The predicted octanol–water partition coefficient (Wildman–Crippen LogP) is 4.00. The van der Waals surface area contributed by atoms with E-state index in [1.165, 1.54) is 0 Å². The fraction of sp³-hybridized carbons (Fsp3) is 0.0400. The summed E-state index contributed by atoms with van der Waals surface area (Å²) in [5.41, 5.74) is 16.1. The van der Waals surface area contributed by atoms with Crippen LogP contribution in [0.5, 0.6) is 0 Å². The molecule has 4 nitrogen and oxygen atoms in total. The van der Waals surface area contributed by atoms with Crippen molar-refractivity contribution in [3.05, 3.63) is 94.9 Å². The predicted molar refractivity (Wildman–Crippen MR) is 120 cm³/mol. The minimum Gasteiger partial charge on any atom is -0.515 e. The molecule has 0 amide bonds. The van der Waals surface area contributed by atoms with Crippen LogP contribution in [0.25, 0.3) is 45.9 Å². The van der Waals surface area contributed by atoms with E-state index in [4.69, 9.17) is 15.9 Å². The zero-order valence-electron chi connectivity index (χ0n) is 15.9. The number of hydrogen-bond donors (Lipinski definition) is 3. The van der Waals surface area contributed by atoms with E-state index >= 15 is 0 Å². The molecule has 0 unspecified atom stereocenters. The second kappa shape index (κ2) is 7.80. The fourth-order valence-corrected chi connectivity index (χ4v) is 3.48. The molecule has 0 aliphatic rings.